The summed E-state index contributed by atoms with van der Waals surface area (Å²) in [6.07, 6.45) is 1.06. The van der Waals surface area contributed by atoms with Gasteiger partial charge in [-0.3, -0.25) is 4.90 Å². The van der Waals surface area contributed by atoms with Gasteiger partial charge in [0.05, 0.1) is 13.7 Å². The van der Waals surface area contributed by atoms with Crippen molar-refractivity contribution in [3.05, 3.63) is 36.4 Å². The highest BCUT2D eigenvalue weighted by Crippen LogP contribution is 2.20. The first-order valence-corrected chi connectivity index (χ1v) is 8.88. The second kappa shape index (κ2) is 12.0. The van der Waals surface area contributed by atoms with E-state index in [1.165, 1.54) is 5.69 Å². The van der Waals surface area contributed by atoms with Gasteiger partial charge in [-0.15, -0.1) is 24.0 Å². The van der Waals surface area contributed by atoms with Gasteiger partial charge in [0.15, 0.2) is 5.96 Å². The first kappa shape index (κ1) is 22.6. The average Bonchev–Trinajstić information content (AvgIpc) is 2.64. The molecule has 146 valence electrons. The summed E-state index contributed by atoms with van der Waals surface area (Å²) in [5.41, 5.74) is 8.09. The van der Waals surface area contributed by atoms with Crippen LogP contribution in [0.3, 0.4) is 0 Å². The fraction of sp³-hybridized carbons (Fsp3) is 0.526. The van der Waals surface area contributed by atoms with Gasteiger partial charge in [-0.25, -0.2) is 4.99 Å². The number of nitrogens with one attached hydrogen (secondary N) is 1. The number of nitrogens with zero attached hydrogens (tertiary/aromatic N) is 3. The van der Waals surface area contributed by atoms with Gasteiger partial charge < -0.3 is 20.7 Å². The molecule has 2 rings (SSSR count). The van der Waals surface area contributed by atoms with Gasteiger partial charge in [-0.05, 0) is 44.2 Å². The molecule has 26 heavy (non-hydrogen) atoms. The second-order valence-electron chi connectivity index (χ2n) is 6.47. The molecule has 1 saturated heterocycles. The van der Waals surface area contributed by atoms with E-state index in [1.807, 2.05) is 19.1 Å². The van der Waals surface area contributed by atoms with E-state index < -0.39 is 0 Å². The predicted octanol–water partition coefficient (Wildman–Crippen LogP) is 2.31. The first-order chi connectivity index (χ1) is 12.1. The van der Waals surface area contributed by atoms with E-state index in [-0.39, 0.29) is 24.0 Å². The number of methoxy groups -OCH3 is 1. The molecule has 1 heterocycles. The molecule has 1 aliphatic rings. The lowest BCUT2D eigenvalue weighted by Crippen LogP contribution is -2.47. The number of guanidine groups is 1. The van der Waals surface area contributed by atoms with Gasteiger partial charge in [0.1, 0.15) is 5.75 Å². The lowest BCUT2D eigenvalue weighted by Gasteiger charge is -2.36. The van der Waals surface area contributed by atoms with Crippen molar-refractivity contribution in [2.45, 2.75) is 13.3 Å². The maximum Gasteiger partial charge on any atom is 0.188 e. The Bertz CT molecular complexity index is 568. The lowest BCUT2D eigenvalue weighted by atomic mass is 10.2. The van der Waals surface area contributed by atoms with Crippen molar-refractivity contribution in [3.8, 4) is 5.75 Å². The van der Waals surface area contributed by atoms with Crippen LogP contribution in [0.15, 0.2) is 41.4 Å². The van der Waals surface area contributed by atoms with Crippen molar-refractivity contribution in [1.82, 2.24) is 10.2 Å². The Kier molecular flexibility index (Phi) is 10.4. The molecule has 1 aromatic rings. The minimum absolute atomic E-state index is 0. The number of piperazine rings is 1. The minimum atomic E-state index is 0. The lowest BCUT2D eigenvalue weighted by molar-refractivity contribution is 0.255. The molecule has 1 aromatic carbocycles. The molecule has 0 aliphatic carbocycles. The van der Waals surface area contributed by atoms with Crippen LogP contribution in [-0.4, -0.2) is 63.8 Å². The van der Waals surface area contributed by atoms with Gasteiger partial charge >= 0.3 is 0 Å². The van der Waals surface area contributed by atoms with E-state index >= 15 is 0 Å². The summed E-state index contributed by atoms with van der Waals surface area (Å²) in [4.78, 5) is 9.15. The Morgan fingerprint density at radius 1 is 1.23 bits per heavy atom. The van der Waals surface area contributed by atoms with Gasteiger partial charge in [0.25, 0.3) is 0 Å². The van der Waals surface area contributed by atoms with Crippen molar-refractivity contribution in [2.75, 3.05) is 57.8 Å². The van der Waals surface area contributed by atoms with Crippen LogP contribution in [0.2, 0.25) is 0 Å². The quantitative estimate of drug-likeness (QED) is 0.200. The molecule has 0 unspecified atom stereocenters. The SMILES string of the molecule is C=C(C)CN=C(N)NCCCN1CCN(c2ccc(OC)cc2)CC1.I. The highest BCUT2D eigenvalue weighted by Gasteiger charge is 2.16. The summed E-state index contributed by atoms with van der Waals surface area (Å²) in [7, 11) is 1.70. The van der Waals surface area contributed by atoms with Crippen LogP contribution in [0, 0.1) is 0 Å². The Morgan fingerprint density at radius 2 is 1.88 bits per heavy atom. The Morgan fingerprint density at radius 3 is 2.46 bits per heavy atom. The molecule has 6 nitrogen and oxygen atoms in total. The van der Waals surface area contributed by atoms with E-state index in [4.69, 9.17) is 10.5 Å². The summed E-state index contributed by atoms with van der Waals surface area (Å²) in [6.45, 7) is 12.6. The number of nitrogens with two attached hydrogens (primary N) is 1. The fourth-order valence-corrected chi connectivity index (χ4v) is 2.82. The second-order valence-corrected chi connectivity index (χ2v) is 6.47. The largest absolute Gasteiger partial charge is 0.497 e. The van der Waals surface area contributed by atoms with Crippen molar-refractivity contribution >= 4 is 35.6 Å². The molecule has 3 N–H and O–H groups in total. The third-order valence-electron chi connectivity index (χ3n) is 4.29. The average molecular weight is 473 g/mol. The molecule has 0 saturated carbocycles. The molecule has 0 spiro atoms. The maximum atomic E-state index is 5.81. The fourth-order valence-electron chi connectivity index (χ4n) is 2.82. The number of anilines is 1. The topological polar surface area (TPSA) is 66.1 Å². The van der Waals surface area contributed by atoms with E-state index in [0.29, 0.717) is 12.5 Å². The zero-order valence-corrected chi connectivity index (χ0v) is 18.2. The van der Waals surface area contributed by atoms with Gasteiger partial charge in [-0.2, -0.15) is 0 Å². The molecule has 0 amide bonds. The minimum Gasteiger partial charge on any atom is -0.497 e. The van der Waals surface area contributed by atoms with Crippen LogP contribution < -0.4 is 20.7 Å². The van der Waals surface area contributed by atoms with Crippen LogP contribution in [0.25, 0.3) is 0 Å². The number of hydrogen-bond donors (Lipinski definition) is 2. The number of halogens is 1. The van der Waals surface area contributed by atoms with Crippen LogP contribution in [-0.2, 0) is 0 Å². The maximum absolute atomic E-state index is 5.81. The monoisotopic (exact) mass is 473 g/mol. The van der Waals surface area contributed by atoms with Crippen LogP contribution in [0.5, 0.6) is 5.75 Å². The standard InChI is InChI=1S/C19H31N5O.HI/c1-16(2)15-22-19(20)21-9-4-10-23-11-13-24(14-12-23)17-5-7-18(25-3)8-6-17;/h5-8H,1,4,9-15H2,2-3H3,(H3,20,21,22);1H. The molecule has 1 aliphatic heterocycles. The number of rotatable bonds is 8. The summed E-state index contributed by atoms with van der Waals surface area (Å²) in [5.74, 6) is 1.41. The number of hydrogen-bond acceptors (Lipinski definition) is 4. The normalized spacial score (nSPS) is 15.3. The Balaban J connectivity index is 0.00000338. The van der Waals surface area contributed by atoms with Gasteiger partial charge in [0.2, 0.25) is 0 Å². The summed E-state index contributed by atoms with van der Waals surface area (Å²) < 4.78 is 5.22. The number of benzene rings is 1. The first-order valence-electron chi connectivity index (χ1n) is 8.88. The Hall–Kier alpha value is -1.48. The zero-order valence-electron chi connectivity index (χ0n) is 15.9. The molecule has 0 aromatic heterocycles. The highest BCUT2D eigenvalue weighted by atomic mass is 127. The van der Waals surface area contributed by atoms with Crippen molar-refractivity contribution < 1.29 is 4.74 Å². The third kappa shape index (κ3) is 7.82. The molecule has 1 fully saturated rings. The highest BCUT2D eigenvalue weighted by molar-refractivity contribution is 14.0. The van der Waals surface area contributed by atoms with E-state index in [2.05, 4.69) is 38.8 Å². The Labute approximate surface area is 174 Å². The van der Waals surface area contributed by atoms with Crippen molar-refractivity contribution in [3.63, 3.8) is 0 Å². The molecular formula is C19H32IN5O. The predicted molar refractivity (Wildman–Crippen MR) is 121 cm³/mol. The smallest absolute Gasteiger partial charge is 0.188 e. The van der Waals surface area contributed by atoms with E-state index in [1.54, 1.807) is 7.11 Å². The number of ether oxygens (including phenoxy) is 1. The molecular weight excluding hydrogens is 441 g/mol. The summed E-state index contributed by atoms with van der Waals surface area (Å²) in [6, 6.07) is 8.30. The summed E-state index contributed by atoms with van der Waals surface area (Å²) in [5, 5.41) is 3.16. The van der Waals surface area contributed by atoms with E-state index in [0.717, 1.165) is 57.0 Å². The van der Waals surface area contributed by atoms with Crippen LogP contribution in [0.1, 0.15) is 13.3 Å². The third-order valence-corrected chi connectivity index (χ3v) is 4.29. The van der Waals surface area contributed by atoms with Crippen molar-refractivity contribution in [1.29, 1.82) is 0 Å². The molecule has 0 radical (unpaired) electrons. The van der Waals surface area contributed by atoms with Crippen LogP contribution >= 0.6 is 24.0 Å². The summed E-state index contributed by atoms with van der Waals surface area (Å²) >= 11 is 0. The molecule has 7 heteroatoms. The number of aliphatic imine (C=N–C) groups is 1. The van der Waals surface area contributed by atoms with Gasteiger partial charge in [-0.1, -0.05) is 12.2 Å². The zero-order chi connectivity index (χ0) is 18.1. The van der Waals surface area contributed by atoms with Crippen LogP contribution in [0.4, 0.5) is 5.69 Å². The van der Waals surface area contributed by atoms with Gasteiger partial charge in [0, 0.05) is 38.4 Å². The molecule has 0 bridgehead atoms. The van der Waals surface area contributed by atoms with E-state index in [9.17, 15) is 0 Å². The molecule has 0 atom stereocenters. The van der Waals surface area contributed by atoms with Crippen molar-refractivity contribution in [2.24, 2.45) is 10.7 Å².